The Bertz CT molecular complexity index is 1330. The Morgan fingerprint density at radius 1 is 1.03 bits per heavy atom. The monoisotopic (exact) mass is 484 g/mol. The lowest BCUT2D eigenvalue weighted by Crippen LogP contribution is -2.50. The van der Waals surface area contributed by atoms with Gasteiger partial charge in [-0.15, -0.1) is 0 Å². The molecule has 7 nitrogen and oxygen atoms in total. The standard InChI is InChI=1S/C25H29FN4O3S/c1-4-19-8-10-20(11-9-19)24-23(28-12-14-29(15-13-28)34(32,33)18(2)3)17-27-30(25(24)31)22-7-5-6-21(26)16-22/h5-11,16-18H,4,12-15H2,1-3H3. The number of halogens is 1. The van der Waals surface area contributed by atoms with Crippen LogP contribution in [0.25, 0.3) is 16.8 Å². The number of aryl methyl sites for hydroxylation is 1. The first-order valence-electron chi connectivity index (χ1n) is 11.4. The van der Waals surface area contributed by atoms with Gasteiger partial charge >= 0.3 is 0 Å². The Kier molecular flexibility index (Phi) is 6.86. The van der Waals surface area contributed by atoms with Crippen molar-refractivity contribution >= 4 is 15.7 Å². The third-order valence-electron chi connectivity index (χ3n) is 6.20. The second-order valence-electron chi connectivity index (χ2n) is 8.63. The van der Waals surface area contributed by atoms with Crippen LogP contribution in [0.1, 0.15) is 26.3 Å². The smallest absolute Gasteiger partial charge is 0.281 e. The number of rotatable bonds is 6. The number of nitrogens with zero attached hydrogens (tertiary/aromatic N) is 4. The molecule has 3 aromatic rings. The molecule has 0 radical (unpaired) electrons. The van der Waals surface area contributed by atoms with Crippen molar-refractivity contribution in [2.45, 2.75) is 32.4 Å². The Morgan fingerprint density at radius 2 is 1.71 bits per heavy atom. The van der Waals surface area contributed by atoms with E-state index in [1.165, 1.54) is 27.2 Å². The largest absolute Gasteiger partial charge is 0.367 e. The summed E-state index contributed by atoms with van der Waals surface area (Å²) in [6.07, 6.45) is 2.49. The molecule has 1 fully saturated rings. The molecule has 1 aliphatic heterocycles. The lowest BCUT2D eigenvalue weighted by Gasteiger charge is -2.36. The first-order valence-corrected chi connectivity index (χ1v) is 12.9. The lowest BCUT2D eigenvalue weighted by molar-refractivity contribution is 0.381. The van der Waals surface area contributed by atoms with E-state index in [-0.39, 0.29) is 5.56 Å². The molecular weight excluding hydrogens is 455 g/mol. The quantitative estimate of drug-likeness (QED) is 0.536. The van der Waals surface area contributed by atoms with Crippen molar-refractivity contribution < 1.29 is 12.8 Å². The average molecular weight is 485 g/mol. The van der Waals surface area contributed by atoms with E-state index in [4.69, 9.17) is 0 Å². The number of aromatic nitrogens is 2. The predicted octanol–water partition coefficient (Wildman–Crippen LogP) is 3.46. The molecule has 2 aromatic carbocycles. The summed E-state index contributed by atoms with van der Waals surface area (Å²) in [6.45, 7) is 6.97. The van der Waals surface area contributed by atoms with Crippen LogP contribution in [0.3, 0.4) is 0 Å². The summed E-state index contributed by atoms with van der Waals surface area (Å²) in [5.74, 6) is -0.452. The van der Waals surface area contributed by atoms with Gasteiger partial charge in [-0.25, -0.2) is 12.8 Å². The third-order valence-corrected chi connectivity index (χ3v) is 8.47. The Labute approximate surface area is 199 Å². The molecule has 34 heavy (non-hydrogen) atoms. The number of piperazine rings is 1. The van der Waals surface area contributed by atoms with E-state index in [0.717, 1.165) is 17.5 Å². The van der Waals surface area contributed by atoms with Crippen molar-refractivity contribution in [2.75, 3.05) is 31.1 Å². The molecule has 0 unspecified atom stereocenters. The SMILES string of the molecule is CCc1ccc(-c2c(N3CCN(S(=O)(=O)C(C)C)CC3)cnn(-c3cccc(F)c3)c2=O)cc1. The molecule has 0 atom stereocenters. The molecule has 1 aliphatic rings. The van der Waals surface area contributed by atoms with E-state index >= 15 is 0 Å². The Balaban J connectivity index is 1.77. The lowest BCUT2D eigenvalue weighted by atomic mass is 10.0. The van der Waals surface area contributed by atoms with Crippen LogP contribution in [0, 0.1) is 5.82 Å². The summed E-state index contributed by atoms with van der Waals surface area (Å²) in [6, 6.07) is 13.6. The van der Waals surface area contributed by atoms with Gasteiger partial charge in [-0.3, -0.25) is 4.79 Å². The molecular formula is C25H29FN4O3S. The van der Waals surface area contributed by atoms with Gasteiger partial charge in [0.05, 0.1) is 28.4 Å². The molecule has 0 spiro atoms. The van der Waals surface area contributed by atoms with Crippen LogP contribution in [0.4, 0.5) is 10.1 Å². The summed E-state index contributed by atoms with van der Waals surface area (Å²) < 4.78 is 41.7. The van der Waals surface area contributed by atoms with Crippen molar-refractivity contribution in [3.8, 4) is 16.8 Å². The van der Waals surface area contributed by atoms with Crippen molar-refractivity contribution in [1.82, 2.24) is 14.1 Å². The molecule has 4 rings (SSSR count). The maximum atomic E-state index is 13.8. The van der Waals surface area contributed by atoms with Crippen LogP contribution in [-0.4, -0.2) is 53.9 Å². The minimum Gasteiger partial charge on any atom is -0.367 e. The van der Waals surface area contributed by atoms with Gasteiger partial charge < -0.3 is 4.90 Å². The Hall–Kier alpha value is -3.04. The van der Waals surface area contributed by atoms with E-state index < -0.39 is 21.1 Å². The highest BCUT2D eigenvalue weighted by Gasteiger charge is 2.31. The van der Waals surface area contributed by atoms with Gasteiger partial charge in [-0.05, 0) is 49.6 Å². The summed E-state index contributed by atoms with van der Waals surface area (Å²) in [5.41, 5.74) is 2.98. The molecule has 1 aromatic heterocycles. The van der Waals surface area contributed by atoms with Crippen molar-refractivity contribution in [3.05, 3.63) is 76.5 Å². The van der Waals surface area contributed by atoms with Gasteiger partial charge in [0.2, 0.25) is 10.0 Å². The fourth-order valence-corrected chi connectivity index (χ4v) is 5.41. The second-order valence-corrected chi connectivity index (χ2v) is 11.1. The maximum Gasteiger partial charge on any atom is 0.281 e. The first-order chi connectivity index (χ1) is 16.2. The highest BCUT2D eigenvalue weighted by atomic mass is 32.2. The van der Waals surface area contributed by atoms with E-state index in [9.17, 15) is 17.6 Å². The van der Waals surface area contributed by atoms with Crippen LogP contribution in [-0.2, 0) is 16.4 Å². The summed E-state index contributed by atoms with van der Waals surface area (Å²) in [5, 5.41) is 3.86. The number of hydrogen-bond donors (Lipinski definition) is 0. The van der Waals surface area contributed by atoms with Crippen LogP contribution in [0.5, 0.6) is 0 Å². The minimum atomic E-state index is -3.34. The van der Waals surface area contributed by atoms with Gasteiger partial charge in [0.15, 0.2) is 0 Å². The van der Waals surface area contributed by atoms with Crippen LogP contribution in [0.2, 0.25) is 0 Å². The fraction of sp³-hybridized carbons (Fsp3) is 0.360. The van der Waals surface area contributed by atoms with Crippen molar-refractivity contribution in [3.63, 3.8) is 0 Å². The van der Waals surface area contributed by atoms with Gasteiger partial charge in [-0.1, -0.05) is 37.3 Å². The zero-order valence-electron chi connectivity index (χ0n) is 19.6. The van der Waals surface area contributed by atoms with Crippen LogP contribution in [0.15, 0.2) is 59.5 Å². The minimum absolute atomic E-state index is 0.335. The zero-order valence-corrected chi connectivity index (χ0v) is 20.4. The molecule has 9 heteroatoms. The van der Waals surface area contributed by atoms with Gasteiger partial charge in [0.25, 0.3) is 5.56 Å². The zero-order chi connectivity index (χ0) is 24.5. The van der Waals surface area contributed by atoms with Gasteiger partial charge in [0.1, 0.15) is 5.82 Å². The Morgan fingerprint density at radius 3 is 2.29 bits per heavy atom. The predicted molar refractivity (Wildman–Crippen MR) is 132 cm³/mol. The van der Waals surface area contributed by atoms with Crippen molar-refractivity contribution in [1.29, 1.82) is 0 Å². The second kappa shape index (κ2) is 9.68. The van der Waals surface area contributed by atoms with Crippen LogP contribution >= 0.6 is 0 Å². The topological polar surface area (TPSA) is 75.5 Å². The van der Waals surface area contributed by atoms with Crippen LogP contribution < -0.4 is 10.5 Å². The maximum absolute atomic E-state index is 13.8. The van der Waals surface area contributed by atoms with Gasteiger partial charge in [-0.2, -0.15) is 14.1 Å². The molecule has 0 bridgehead atoms. The molecule has 0 saturated carbocycles. The normalized spacial score (nSPS) is 15.1. The number of sulfonamides is 1. The molecule has 180 valence electrons. The third kappa shape index (κ3) is 4.63. The summed E-state index contributed by atoms with van der Waals surface area (Å²) in [7, 11) is -3.34. The van der Waals surface area contributed by atoms with E-state index in [1.807, 2.05) is 29.2 Å². The number of anilines is 1. The molecule has 0 aliphatic carbocycles. The average Bonchev–Trinajstić information content (AvgIpc) is 2.84. The van der Waals surface area contributed by atoms with Gasteiger partial charge in [0, 0.05) is 26.2 Å². The van der Waals surface area contributed by atoms with Crippen molar-refractivity contribution in [2.24, 2.45) is 0 Å². The van der Waals surface area contributed by atoms with E-state index in [1.54, 1.807) is 26.1 Å². The number of benzene rings is 2. The molecule has 1 saturated heterocycles. The molecule has 0 N–H and O–H groups in total. The molecule has 0 amide bonds. The first kappa shape index (κ1) is 24.1. The molecule has 2 heterocycles. The summed E-state index contributed by atoms with van der Waals surface area (Å²) in [4.78, 5) is 15.7. The fourth-order valence-electron chi connectivity index (χ4n) is 4.14. The summed E-state index contributed by atoms with van der Waals surface area (Å²) >= 11 is 0. The van der Waals surface area contributed by atoms with E-state index in [2.05, 4.69) is 12.0 Å². The number of hydrogen-bond acceptors (Lipinski definition) is 5. The highest BCUT2D eigenvalue weighted by Crippen LogP contribution is 2.29. The van der Waals surface area contributed by atoms with E-state index in [0.29, 0.717) is 43.1 Å². The highest BCUT2D eigenvalue weighted by molar-refractivity contribution is 7.89.